The van der Waals surface area contributed by atoms with Crippen LogP contribution in [0.15, 0.2) is 144 Å². The highest BCUT2D eigenvalue weighted by Crippen LogP contribution is 2.43. The van der Waals surface area contributed by atoms with Gasteiger partial charge in [0.2, 0.25) is 0 Å². The van der Waals surface area contributed by atoms with Gasteiger partial charge in [-0.3, -0.25) is 0 Å². The minimum absolute atomic E-state index is 0.841. The number of anilines is 3. The van der Waals surface area contributed by atoms with Crippen molar-refractivity contribution in [1.82, 2.24) is 0 Å². The van der Waals surface area contributed by atoms with Gasteiger partial charge in [0.15, 0.2) is 0 Å². The summed E-state index contributed by atoms with van der Waals surface area (Å²) in [7, 11) is 1.71. The molecule has 0 radical (unpaired) electrons. The second-order valence-corrected chi connectivity index (χ2v) is 20.4. The summed E-state index contributed by atoms with van der Waals surface area (Å²) in [6.45, 7) is 4.09. The quantitative estimate of drug-likeness (QED) is 0.143. The lowest BCUT2D eigenvalue weighted by Crippen LogP contribution is -2.09. The van der Waals surface area contributed by atoms with Crippen molar-refractivity contribution in [3.8, 4) is 26.6 Å². The van der Waals surface area contributed by atoms with Crippen molar-refractivity contribution in [2.75, 3.05) is 12.0 Å². The van der Waals surface area contributed by atoms with Crippen molar-refractivity contribution in [3.05, 3.63) is 182 Å². The van der Waals surface area contributed by atoms with E-state index in [1.165, 1.54) is 81.7 Å². The Labute approximate surface area is 363 Å². The zero-order chi connectivity index (χ0) is 39.2. The topological polar surface area (TPSA) is 12.5 Å². The van der Waals surface area contributed by atoms with E-state index in [2.05, 4.69) is 161 Å². The molecule has 13 rings (SSSR count). The van der Waals surface area contributed by atoms with Crippen molar-refractivity contribution in [3.63, 3.8) is 0 Å². The van der Waals surface area contributed by atoms with E-state index in [9.17, 15) is 0 Å². The van der Waals surface area contributed by atoms with Crippen LogP contribution in [0.25, 0.3) is 57.9 Å². The summed E-state index contributed by atoms with van der Waals surface area (Å²) in [6.07, 6.45) is 10.8. The molecule has 0 amide bonds. The van der Waals surface area contributed by atoms with Crippen LogP contribution in [-0.2, 0) is 25.7 Å². The van der Waals surface area contributed by atoms with E-state index in [0.717, 1.165) is 48.5 Å². The molecule has 0 unspecified atom stereocenters. The summed E-state index contributed by atoms with van der Waals surface area (Å²) in [5.74, 6) is 0.841. The maximum Gasteiger partial charge on any atom is 0.119 e. The fourth-order valence-corrected chi connectivity index (χ4v) is 13.2. The largest absolute Gasteiger partial charge is 0.497 e. The lowest BCUT2D eigenvalue weighted by molar-refractivity contribution is 0.415. The normalized spacial score (nSPS) is 12.7. The van der Waals surface area contributed by atoms with E-state index in [1.807, 2.05) is 52.2 Å². The van der Waals surface area contributed by atoms with Gasteiger partial charge in [0.1, 0.15) is 5.75 Å². The highest BCUT2D eigenvalue weighted by Gasteiger charge is 2.16. The van der Waals surface area contributed by atoms with Gasteiger partial charge < -0.3 is 9.64 Å². The maximum atomic E-state index is 5.50. The Morgan fingerprint density at radius 3 is 1.60 bits per heavy atom. The van der Waals surface area contributed by atoms with E-state index in [0.29, 0.717) is 0 Å². The first-order valence-corrected chi connectivity index (χ1v) is 23.4. The molecule has 5 aromatic carbocycles. The number of hydrogen-bond donors (Lipinski definition) is 0. The zero-order valence-corrected chi connectivity index (χ0v) is 36.7. The van der Waals surface area contributed by atoms with E-state index < -0.39 is 0 Å². The van der Waals surface area contributed by atoms with Crippen LogP contribution >= 0.6 is 61.3 Å². The number of methoxy groups -OCH3 is 1. The monoisotopic (exact) mass is 887 g/mol. The number of fused-ring (bicyclic) bond motifs is 2. The van der Waals surface area contributed by atoms with Crippen molar-refractivity contribution in [2.45, 2.75) is 25.7 Å². The fraction of sp³-hybridized carbons (Fsp3) is 0.0980. The number of halogens is 1. The molecule has 58 heavy (non-hydrogen) atoms. The first kappa shape index (κ1) is 37.3. The van der Waals surface area contributed by atoms with Crippen LogP contribution < -0.4 is 9.64 Å². The number of hydrogen-bond acceptors (Lipinski definition) is 6. The van der Waals surface area contributed by atoms with Crippen LogP contribution in [0.1, 0.15) is 38.3 Å². The Hall–Kier alpha value is -5.02. The van der Waals surface area contributed by atoms with Crippen LogP contribution in [0.4, 0.5) is 17.1 Å². The Bertz CT molecular complexity index is 2900. The molecule has 4 aliphatic rings. The molecule has 4 heterocycles. The number of rotatable bonds is 9. The fourth-order valence-electron chi connectivity index (χ4n) is 7.89. The smallest absolute Gasteiger partial charge is 0.119 e. The van der Waals surface area contributed by atoms with Crippen molar-refractivity contribution >= 4 is 115 Å². The lowest BCUT2D eigenvalue weighted by atomic mass is 9.91. The second-order valence-electron chi connectivity index (χ2n) is 14.6. The molecule has 4 aromatic heterocycles. The number of nitrogens with zero attached hydrogens (tertiary/aromatic N) is 1. The first-order chi connectivity index (χ1) is 28.5. The van der Waals surface area contributed by atoms with Crippen LogP contribution in [-0.4, -0.2) is 7.11 Å². The molecule has 0 saturated heterocycles. The molecule has 0 atom stereocenters. The predicted molar refractivity (Wildman–Crippen MR) is 259 cm³/mol. The van der Waals surface area contributed by atoms with E-state index in [4.69, 9.17) is 4.74 Å². The molecule has 0 N–H and O–H groups in total. The Morgan fingerprint density at radius 1 is 0.534 bits per heavy atom. The van der Waals surface area contributed by atoms with Gasteiger partial charge in [0, 0.05) is 50.5 Å². The molecule has 4 aliphatic carbocycles. The molecule has 4 bridgehead atoms. The Kier molecular flexibility index (Phi) is 10.3. The molecule has 7 heteroatoms. The number of aryl methyl sites for hydroxylation is 4. The van der Waals surface area contributed by atoms with Gasteiger partial charge in [0.25, 0.3) is 0 Å². The number of thiophene rings is 4. The van der Waals surface area contributed by atoms with Gasteiger partial charge in [-0.25, -0.2) is 0 Å². The molecule has 0 saturated carbocycles. The maximum absolute atomic E-state index is 5.50. The average molecular weight is 889 g/mol. The van der Waals surface area contributed by atoms with Gasteiger partial charge in [-0.1, -0.05) is 79.4 Å². The molecule has 284 valence electrons. The molecular weight excluding hydrogens is 851 g/mol. The van der Waals surface area contributed by atoms with Gasteiger partial charge >= 0.3 is 0 Å². The molecule has 0 fully saturated rings. The average Bonchev–Trinajstić information content (AvgIpc) is 4.02. The molecule has 0 spiro atoms. The summed E-state index contributed by atoms with van der Waals surface area (Å²) < 4.78 is 12.0. The summed E-state index contributed by atoms with van der Waals surface area (Å²) in [6, 6.07) is 49.4. The number of benzene rings is 5. The summed E-state index contributed by atoms with van der Waals surface area (Å²) >= 11 is 11.0. The van der Waals surface area contributed by atoms with E-state index in [-0.39, 0.29) is 0 Å². The summed E-state index contributed by atoms with van der Waals surface area (Å²) in [5.41, 5.74) is 13.9. The second kappa shape index (κ2) is 16.0. The molecular formula is C51H38BrNOS4. The van der Waals surface area contributed by atoms with E-state index in [1.54, 1.807) is 18.4 Å². The SMILES string of the molecule is C=Cc1cc2ccc1CCc1ccc(cc1/C=C/c1cc3sc(-c4ccc(N(c5ccc(OC)cc5)c5ccc(-c6cc7sc(Br)cc7s6)cc5)cc4)cc3s1)CC2. The van der Waals surface area contributed by atoms with Gasteiger partial charge in [-0.15, -0.1) is 45.3 Å². The van der Waals surface area contributed by atoms with Gasteiger partial charge in [-0.05, 0) is 165 Å². The lowest BCUT2D eigenvalue weighted by Gasteiger charge is -2.26. The Morgan fingerprint density at radius 2 is 1.05 bits per heavy atom. The minimum atomic E-state index is 0.841. The highest BCUT2D eigenvalue weighted by molar-refractivity contribution is 9.11. The highest BCUT2D eigenvalue weighted by atomic mass is 79.9. The first-order valence-electron chi connectivity index (χ1n) is 19.4. The molecule has 2 nitrogen and oxygen atoms in total. The van der Waals surface area contributed by atoms with Crippen molar-refractivity contribution in [1.29, 1.82) is 0 Å². The van der Waals surface area contributed by atoms with Crippen LogP contribution in [0, 0.1) is 0 Å². The third kappa shape index (κ3) is 7.54. The third-order valence-electron chi connectivity index (χ3n) is 11.0. The van der Waals surface area contributed by atoms with Crippen molar-refractivity contribution in [2.24, 2.45) is 0 Å². The van der Waals surface area contributed by atoms with Crippen LogP contribution in [0.3, 0.4) is 0 Å². The Balaban J connectivity index is 0.891. The number of ether oxygens (including phenoxy) is 1. The van der Waals surface area contributed by atoms with Gasteiger partial charge in [-0.2, -0.15) is 0 Å². The molecule has 0 aliphatic heterocycles. The van der Waals surface area contributed by atoms with E-state index >= 15 is 0 Å². The minimum Gasteiger partial charge on any atom is -0.497 e. The van der Waals surface area contributed by atoms with Crippen LogP contribution in [0.5, 0.6) is 5.75 Å². The zero-order valence-electron chi connectivity index (χ0n) is 31.8. The predicted octanol–water partition coefficient (Wildman–Crippen LogP) is 16.5. The van der Waals surface area contributed by atoms with Gasteiger partial charge in [0.05, 0.1) is 10.9 Å². The third-order valence-corrected chi connectivity index (χ3v) is 16.1. The van der Waals surface area contributed by atoms with Crippen molar-refractivity contribution < 1.29 is 4.74 Å². The standard InChI is InChI=1S/C51H38BrNOS4/c1-3-34-26-32-4-5-33-7-9-36(11-10-35(34)8-6-32)39(27-33)16-25-44-28-47-48(55-44)29-45(56-47)37-12-17-40(18-13-37)53(42-21-23-43(54-2)24-22-42)41-19-14-38(15-20-41)46-30-49-50(57-46)31-51(52)58-49/h3,6-9,12-31H,1,4-5,10-11H2,2H3/b25-16+. The summed E-state index contributed by atoms with van der Waals surface area (Å²) in [4.78, 5) is 6.18. The van der Waals surface area contributed by atoms with Crippen LogP contribution in [0.2, 0.25) is 0 Å². The molecule has 9 aromatic rings. The summed E-state index contributed by atoms with van der Waals surface area (Å²) in [5, 5.41) is 0.